The molecular formula is C22H31N3O4. The van der Waals surface area contributed by atoms with Crippen LogP contribution >= 0.6 is 0 Å². The Hall–Kier alpha value is -2.41. The molecule has 0 spiro atoms. The van der Waals surface area contributed by atoms with Crippen molar-refractivity contribution in [2.45, 2.75) is 57.7 Å². The standard InChI is InChI=1S/C22H31N3O4/c1-15(26)25-13-18(10-11-20(14-25)24-19-4-3-5-19)21(27)23-12-16-6-8-17(9-7-16)22(28)29-2/h6-9,18-20,24H,3-5,10-14H2,1-2H3,(H,23,27)/t18-,20+/m1/s1. The quantitative estimate of drug-likeness (QED) is 0.711. The number of nitrogens with one attached hydrogen (secondary N) is 2. The molecule has 158 valence electrons. The molecule has 1 aliphatic heterocycles. The minimum Gasteiger partial charge on any atom is -0.465 e. The summed E-state index contributed by atoms with van der Waals surface area (Å²) in [5.41, 5.74) is 1.39. The van der Waals surface area contributed by atoms with E-state index >= 15 is 0 Å². The summed E-state index contributed by atoms with van der Waals surface area (Å²) in [4.78, 5) is 38.1. The third-order valence-corrected chi connectivity index (χ3v) is 5.98. The summed E-state index contributed by atoms with van der Waals surface area (Å²) in [6.45, 7) is 3.10. The number of rotatable bonds is 6. The highest BCUT2D eigenvalue weighted by Gasteiger charge is 2.31. The lowest BCUT2D eigenvalue weighted by Gasteiger charge is -2.32. The molecule has 2 aliphatic rings. The number of hydrogen-bond donors (Lipinski definition) is 2. The lowest BCUT2D eigenvalue weighted by atomic mass is 9.91. The Labute approximate surface area is 172 Å². The van der Waals surface area contributed by atoms with E-state index in [1.54, 1.807) is 36.1 Å². The van der Waals surface area contributed by atoms with Gasteiger partial charge in [0.05, 0.1) is 18.6 Å². The predicted octanol–water partition coefficient (Wildman–Crippen LogP) is 1.86. The van der Waals surface area contributed by atoms with Gasteiger partial charge < -0.3 is 20.3 Å². The van der Waals surface area contributed by atoms with Gasteiger partial charge in [0.1, 0.15) is 0 Å². The molecule has 1 aliphatic carbocycles. The molecule has 7 heteroatoms. The van der Waals surface area contributed by atoms with Crippen molar-refractivity contribution in [3.05, 3.63) is 35.4 Å². The summed E-state index contributed by atoms with van der Waals surface area (Å²) in [6, 6.07) is 7.81. The maximum atomic E-state index is 12.8. The first-order valence-electron chi connectivity index (χ1n) is 10.4. The van der Waals surface area contributed by atoms with E-state index in [0.717, 1.165) is 18.4 Å². The molecule has 0 unspecified atom stereocenters. The highest BCUT2D eigenvalue weighted by molar-refractivity contribution is 5.89. The van der Waals surface area contributed by atoms with Crippen LogP contribution in [0.2, 0.25) is 0 Å². The van der Waals surface area contributed by atoms with Crippen LogP contribution in [0.25, 0.3) is 0 Å². The highest BCUT2D eigenvalue weighted by atomic mass is 16.5. The van der Waals surface area contributed by atoms with E-state index in [0.29, 0.717) is 31.2 Å². The molecule has 1 heterocycles. The van der Waals surface area contributed by atoms with E-state index < -0.39 is 0 Å². The van der Waals surface area contributed by atoms with Gasteiger partial charge in [0.15, 0.2) is 0 Å². The van der Waals surface area contributed by atoms with Crippen molar-refractivity contribution in [2.75, 3.05) is 20.2 Å². The second-order valence-electron chi connectivity index (χ2n) is 8.10. The smallest absolute Gasteiger partial charge is 0.337 e. The van der Waals surface area contributed by atoms with Crippen LogP contribution in [0.3, 0.4) is 0 Å². The van der Waals surface area contributed by atoms with Crippen LogP contribution in [-0.2, 0) is 20.9 Å². The van der Waals surface area contributed by atoms with E-state index in [2.05, 4.69) is 10.6 Å². The molecule has 0 aromatic heterocycles. The molecule has 7 nitrogen and oxygen atoms in total. The van der Waals surface area contributed by atoms with Crippen LogP contribution in [0.5, 0.6) is 0 Å². The molecule has 2 atom stereocenters. The number of benzene rings is 1. The number of ether oxygens (including phenoxy) is 1. The summed E-state index contributed by atoms with van der Waals surface area (Å²) in [5, 5.41) is 6.64. The molecule has 3 rings (SSSR count). The number of methoxy groups -OCH3 is 1. The number of likely N-dealkylation sites (tertiary alicyclic amines) is 1. The summed E-state index contributed by atoms with van der Waals surface area (Å²) in [5.74, 6) is -0.601. The average Bonchev–Trinajstić information content (AvgIpc) is 2.91. The zero-order chi connectivity index (χ0) is 20.8. The number of esters is 1. The van der Waals surface area contributed by atoms with Crippen molar-refractivity contribution in [3.8, 4) is 0 Å². The van der Waals surface area contributed by atoms with Gasteiger partial charge >= 0.3 is 5.97 Å². The summed E-state index contributed by atoms with van der Waals surface area (Å²) in [6.07, 6.45) is 5.34. The Morgan fingerprint density at radius 1 is 1.03 bits per heavy atom. The molecular weight excluding hydrogens is 370 g/mol. The van der Waals surface area contributed by atoms with E-state index in [4.69, 9.17) is 4.74 Å². The van der Waals surface area contributed by atoms with Crippen molar-refractivity contribution in [1.82, 2.24) is 15.5 Å². The van der Waals surface area contributed by atoms with Crippen LogP contribution < -0.4 is 10.6 Å². The minimum absolute atomic E-state index is 0.0171. The molecule has 1 saturated heterocycles. The van der Waals surface area contributed by atoms with Gasteiger partial charge in [0.2, 0.25) is 11.8 Å². The van der Waals surface area contributed by atoms with E-state index in [1.807, 2.05) is 0 Å². The molecule has 1 saturated carbocycles. The fraction of sp³-hybridized carbons (Fsp3) is 0.591. The third-order valence-electron chi connectivity index (χ3n) is 5.98. The number of nitrogens with zero attached hydrogens (tertiary/aromatic N) is 1. The Morgan fingerprint density at radius 3 is 2.34 bits per heavy atom. The molecule has 2 amide bonds. The summed E-state index contributed by atoms with van der Waals surface area (Å²) < 4.78 is 4.69. The van der Waals surface area contributed by atoms with Gasteiger partial charge in [-0.15, -0.1) is 0 Å². The summed E-state index contributed by atoms with van der Waals surface area (Å²) in [7, 11) is 1.35. The molecule has 1 aromatic carbocycles. The molecule has 0 radical (unpaired) electrons. The topological polar surface area (TPSA) is 87.7 Å². The van der Waals surface area contributed by atoms with Gasteiger partial charge in [-0.1, -0.05) is 18.6 Å². The van der Waals surface area contributed by atoms with E-state index in [-0.39, 0.29) is 29.7 Å². The Morgan fingerprint density at radius 2 is 1.76 bits per heavy atom. The number of hydrogen-bond acceptors (Lipinski definition) is 5. The monoisotopic (exact) mass is 401 g/mol. The van der Waals surface area contributed by atoms with Crippen molar-refractivity contribution in [2.24, 2.45) is 5.92 Å². The Balaban J connectivity index is 1.54. The van der Waals surface area contributed by atoms with Crippen LogP contribution in [0.1, 0.15) is 54.9 Å². The largest absolute Gasteiger partial charge is 0.465 e. The predicted molar refractivity (Wildman–Crippen MR) is 109 cm³/mol. The van der Waals surface area contributed by atoms with Gasteiger partial charge in [-0.3, -0.25) is 9.59 Å². The zero-order valence-electron chi connectivity index (χ0n) is 17.3. The average molecular weight is 402 g/mol. The highest BCUT2D eigenvalue weighted by Crippen LogP contribution is 2.23. The van der Waals surface area contributed by atoms with Crippen LogP contribution in [0.15, 0.2) is 24.3 Å². The zero-order valence-corrected chi connectivity index (χ0v) is 17.3. The maximum absolute atomic E-state index is 12.8. The van der Waals surface area contributed by atoms with Crippen molar-refractivity contribution >= 4 is 17.8 Å². The Bertz CT molecular complexity index is 730. The third kappa shape index (κ3) is 5.79. The van der Waals surface area contributed by atoms with Gasteiger partial charge in [-0.25, -0.2) is 4.79 Å². The van der Waals surface area contributed by atoms with Crippen LogP contribution in [-0.4, -0.2) is 55.0 Å². The fourth-order valence-corrected chi connectivity index (χ4v) is 3.92. The molecule has 29 heavy (non-hydrogen) atoms. The molecule has 0 bridgehead atoms. The van der Waals surface area contributed by atoms with Crippen molar-refractivity contribution < 1.29 is 19.1 Å². The van der Waals surface area contributed by atoms with Gasteiger partial charge in [0, 0.05) is 38.6 Å². The molecule has 1 aromatic rings. The van der Waals surface area contributed by atoms with E-state index in [1.165, 1.54) is 26.4 Å². The van der Waals surface area contributed by atoms with E-state index in [9.17, 15) is 14.4 Å². The first-order chi connectivity index (χ1) is 14.0. The van der Waals surface area contributed by atoms with Crippen molar-refractivity contribution in [1.29, 1.82) is 0 Å². The number of carbonyl (C=O) groups is 3. The van der Waals surface area contributed by atoms with Gasteiger partial charge in [-0.05, 0) is 43.4 Å². The number of amides is 2. The Kier molecular flexibility index (Phi) is 7.25. The number of carbonyl (C=O) groups excluding carboxylic acids is 3. The van der Waals surface area contributed by atoms with Crippen LogP contribution in [0.4, 0.5) is 0 Å². The first kappa shape index (κ1) is 21.3. The fourth-order valence-electron chi connectivity index (χ4n) is 3.92. The van der Waals surface area contributed by atoms with Gasteiger partial charge in [-0.2, -0.15) is 0 Å². The maximum Gasteiger partial charge on any atom is 0.337 e. The minimum atomic E-state index is -0.381. The normalized spacial score (nSPS) is 22.3. The SMILES string of the molecule is COC(=O)c1ccc(CNC(=O)[C@@H]2CC[C@H](NC3CCC3)CN(C(C)=O)C2)cc1. The molecule has 2 fully saturated rings. The van der Waals surface area contributed by atoms with Crippen molar-refractivity contribution in [3.63, 3.8) is 0 Å². The lowest BCUT2D eigenvalue weighted by molar-refractivity contribution is -0.131. The van der Waals surface area contributed by atoms with Gasteiger partial charge in [0.25, 0.3) is 0 Å². The van der Waals surface area contributed by atoms with Crippen LogP contribution in [0, 0.1) is 5.92 Å². The first-order valence-corrected chi connectivity index (χ1v) is 10.4. The second kappa shape index (κ2) is 9.87. The second-order valence-corrected chi connectivity index (χ2v) is 8.10. The lowest BCUT2D eigenvalue weighted by Crippen LogP contribution is -2.48. The summed E-state index contributed by atoms with van der Waals surface area (Å²) >= 11 is 0. The molecule has 2 N–H and O–H groups in total.